The lowest BCUT2D eigenvalue weighted by Gasteiger charge is -2.13. The van der Waals surface area contributed by atoms with Crippen molar-refractivity contribution >= 4 is 5.97 Å². The lowest BCUT2D eigenvalue weighted by Crippen LogP contribution is -2.18. The van der Waals surface area contributed by atoms with E-state index in [0.29, 0.717) is 0 Å². The second kappa shape index (κ2) is 5.11. The topological polar surface area (TPSA) is 68.7 Å². The Kier molecular flexibility index (Phi) is 4.00. The Morgan fingerprint density at radius 1 is 1.50 bits per heavy atom. The summed E-state index contributed by atoms with van der Waals surface area (Å²) in [4.78, 5) is 14.1. The molecule has 1 rings (SSSR count). The molecule has 0 bridgehead atoms. The molecular weight excluding hydrogens is 255 g/mol. The fourth-order valence-corrected chi connectivity index (χ4v) is 1.36. The van der Waals surface area contributed by atoms with Crippen molar-refractivity contribution in [2.75, 3.05) is 7.11 Å². The molecule has 100 valence electrons. The molecule has 0 radical (unpaired) electrons. The number of halogens is 3. The lowest BCUT2D eigenvalue weighted by atomic mass is 10.1. The van der Waals surface area contributed by atoms with Crippen molar-refractivity contribution in [2.24, 2.45) is 0 Å². The highest BCUT2D eigenvalue weighted by atomic mass is 19.4. The Morgan fingerprint density at radius 3 is 2.56 bits per heavy atom. The highest BCUT2D eigenvalue weighted by molar-refractivity contribution is 5.72. The third-order valence-corrected chi connectivity index (χ3v) is 2.03. The molecule has 0 atom stereocenters. The second-order valence-corrected chi connectivity index (χ2v) is 3.35. The molecule has 0 aliphatic heterocycles. The van der Waals surface area contributed by atoms with Crippen LogP contribution in [0.3, 0.4) is 0 Å². The Morgan fingerprint density at radius 2 is 2.11 bits per heavy atom. The molecular formula is C10H10F3NO4. The van der Waals surface area contributed by atoms with Crippen LogP contribution in [-0.4, -0.2) is 29.5 Å². The third kappa shape index (κ3) is 3.79. The molecule has 0 amide bonds. The van der Waals surface area contributed by atoms with Gasteiger partial charge in [-0.2, -0.15) is 0 Å². The summed E-state index contributed by atoms with van der Waals surface area (Å²) in [6.45, 7) is 1.38. The van der Waals surface area contributed by atoms with Crippen LogP contribution in [0.1, 0.15) is 11.3 Å². The van der Waals surface area contributed by atoms with E-state index in [1.807, 2.05) is 0 Å². The van der Waals surface area contributed by atoms with Gasteiger partial charge in [0.1, 0.15) is 5.75 Å². The molecule has 1 N–H and O–H groups in total. The normalized spacial score (nSPS) is 11.2. The molecule has 0 aliphatic rings. The molecule has 0 saturated heterocycles. The van der Waals surface area contributed by atoms with Crippen molar-refractivity contribution in [1.29, 1.82) is 0 Å². The van der Waals surface area contributed by atoms with Crippen molar-refractivity contribution < 1.29 is 32.5 Å². The van der Waals surface area contributed by atoms with Gasteiger partial charge in [0.2, 0.25) is 5.88 Å². The summed E-state index contributed by atoms with van der Waals surface area (Å²) in [7, 11) is 1.22. The van der Waals surface area contributed by atoms with E-state index in [1.54, 1.807) is 0 Å². The lowest BCUT2D eigenvalue weighted by molar-refractivity contribution is -0.276. The van der Waals surface area contributed by atoms with Gasteiger partial charge in [0, 0.05) is 17.3 Å². The Balaban J connectivity index is 3.14. The first-order valence-corrected chi connectivity index (χ1v) is 4.75. The van der Waals surface area contributed by atoms with E-state index in [-0.39, 0.29) is 17.0 Å². The Hall–Kier alpha value is -1.99. The predicted octanol–water partition coefficient (Wildman–Crippen LogP) is 1.92. The van der Waals surface area contributed by atoms with Crippen LogP contribution in [0, 0.1) is 6.92 Å². The number of carbonyl (C=O) groups is 1. The van der Waals surface area contributed by atoms with Crippen LogP contribution < -0.4 is 9.47 Å². The van der Waals surface area contributed by atoms with Crippen molar-refractivity contribution in [1.82, 2.24) is 4.98 Å². The molecule has 18 heavy (non-hydrogen) atoms. The van der Waals surface area contributed by atoms with E-state index < -0.39 is 24.6 Å². The van der Waals surface area contributed by atoms with Gasteiger partial charge < -0.3 is 14.6 Å². The molecule has 1 aromatic rings. The summed E-state index contributed by atoms with van der Waals surface area (Å²) < 4.78 is 44.5. The Labute approximate surface area is 100 Å². The molecule has 0 aromatic carbocycles. The molecule has 0 fully saturated rings. The first-order chi connectivity index (χ1) is 8.23. The van der Waals surface area contributed by atoms with Crippen LogP contribution in [0.5, 0.6) is 11.6 Å². The number of ether oxygens (including phenoxy) is 2. The molecule has 1 heterocycles. The summed E-state index contributed by atoms with van der Waals surface area (Å²) in [5.74, 6) is -1.84. The van der Waals surface area contributed by atoms with E-state index in [1.165, 1.54) is 14.0 Å². The monoisotopic (exact) mass is 265 g/mol. The van der Waals surface area contributed by atoms with Gasteiger partial charge in [-0.05, 0) is 6.92 Å². The number of methoxy groups -OCH3 is 1. The van der Waals surface area contributed by atoms with E-state index in [2.05, 4.69) is 9.72 Å². The SMILES string of the molecule is COc1cc(OC(F)(F)F)nc(C)c1CC(=O)O. The number of pyridine rings is 1. The zero-order valence-corrected chi connectivity index (χ0v) is 9.54. The average molecular weight is 265 g/mol. The first-order valence-electron chi connectivity index (χ1n) is 4.75. The maximum atomic E-state index is 12.0. The summed E-state index contributed by atoms with van der Waals surface area (Å²) >= 11 is 0. The summed E-state index contributed by atoms with van der Waals surface area (Å²) in [6.07, 6.45) is -5.26. The molecule has 0 aliphatic carbocycles. The quantitative estimate of drug-likeness (QED) is 0.900. The van der Waals surface area contributed by atoms with Crippen molar-refractivity contribution in [3.63, 3.8) is 0 Å². The fourth-order valence-electron chi connectivity index (χ4n) is 1.36. The standard InChI is InChI=1S/C10H10F3NO4/c1-5-6(3-9(15)16)7(17-2)4-8(14-5)18-10(11,12)13/h4H,3H2,1-2H3,(H,15,16). The van der Waals surface area contributed by atoms with Crippen LogP contribution >= 0.6 is 0 Å². The summed E-state index contributed by atoms with van der Waals surface area (Å²) in [5, 5.41) is 8.67. The van der Waals surface area contributed by atoms with E-state index >= 15 is 0 Å². The number of carboxylic acid groups (broad SMARTS) is 1. The number of aromatic nitrogens is 1. The molecule has 5 nitrogen and oxygen atoms in total. The summed E-state index contributed by atoms with van der Waals surface area (Å²) in [6, 6.07) is 0.902. The van der Waals surface area contributed by atoms with Gasteiger partial charge in [-0.3, -0.25) is 4.79 Å². The number of nitrogens with zero attached hydrogens (tertiary/aromatic N) is 1. The Bertz CT molecular complexity index is 459. The number of hydrogen-bond acceptors (Lipinski definition) is 4. The minimum Gasteiger partial charge on any atom is -0.496 e. The van der Waals surface area contributed by atoms with Crippen LogP contribution in [0.4, 0.5) is 13.2 Å². The maximum absolute atomic E-state index is 12.0. The van der Waals surface area contributed by atoms with Crippen LogP contribution in [-0.2, 0) is 11.2 Å². The number of alkyl halides is 3. The smallest absolute Gasteiger partial charge is 0.496 e. The van der Waals surface area contributed by atoms with Gasteiger partial charge >= 0.3 is 12.3 Å². The fraction of sp³-hybridized carbons (Fsp3) is 0.400. The van der Waals surface area contributed by atoms with Gasteiger partial charge in [-0.15, -0.1) is 13.2 Å². The third-order valence-electron chi connectivity index (χ3n) is 2.03. The van der Waals surface area contributed by atoms with Gasteiger partial charge in [0.25, 0.3) is 0 Å². The largest absolute Gasteiger partial charge is 0.574 e. The number of aliphatic carboxylic acids is 1. The minimum absolute atomic E-state index is 0.0100. The molecule has 1 aromatic heterocycles. The second-order valence-electron chi connectivity index (χ2n) is 3.35. The highest BCUT2D eigenvalue weighted by Crippen LogP contribution is 2.29. The molecule has 0 unspecified atom stereocenters. The zero-order chi connectivity index (χ0) is 13.9. The highest BCUT2D eigenvalue weighted by Gasteiger charge is 2.32. The number of rotatable bonds is 4. The first kappa shape index (κ1) is 14.1. The van der Waals surface area contributed by atoms with Gasteiger partial charge in [-0.1, -0.05) is 0 Å². The van der Waals surface area contributed by atoms with Gasteiger partial charge in [-0.25, -0.2) is 4.98 Å². The van der Waals surface area contributed by atoms with Crippen molar-refractivity contribution in [3.05, 3.63) is 17.3 Å². The van der Waals surface area contributed by atoms with Crippen LogP contribution in [0.2, 0.25) is 0 Å². The molecule has 0 saturated carbocycles. The van der Waals surface area contributed by atoms with Gasteiger partial charge in [0.15, 0.2) is 0 Å². The van der Waals surface area contributed by atoms with Crippen molar-refractivity contribution in [3.8, 4) is 11.6 Å². The minimum atomic E-state index is -4.86. The molecule has 8 heteroatoms. The van der Waals surface area contributed by atoms with Crippen LogP contribution in [0.15, 0.2) is 6.07 Å². The number of hydrogen-bond donors (Lipinski definition) is 1. The van der Waals surface area contributed by atoms with Crippen LogP contribution in [0.25, 0.3) is 0 Å². The number of carboxylic acids is 1. The zero-order valence-electron chi connectivity index (χ0n) is 9.54. The average Bonchev–Trinajstić information content (AvgIpc) is 2.18. The number of aryl methyl sites for hydroxylation is 1. The van der Waals surface area contributed by atoms with Gasteiger partial charge in [0.05, 0.1) is 13.5 Å². The molecule has 0 spiro atoms. The maximum Gasteiger partial charge on any atom is 0.574 e. The van der Waals surface area contributed by atoms with E-state index in [9.17, 15) is 18.0 Å². The predicted molar refractivity (Wildman–Crippen MR) is 53.5 cm³/mol. The van der Waals surface area contributed by atoms with E-state index in [0.717, 1.165) is 6.07 Å². The van der Waals surface area contributed by atoms with Crippen molar-refractivity contribution in [2.45, 2.75) is 19.7 Å². The van der Waals surface area contributed by atoms with E-state index in [4.69, 9.17) is 9.84 Å². The summed E-state index contributed by atoms with van der Waals surface area (Å²) in [5.41, 5.74) is 0.315.